The molecular weight excluding hydrogens is 244 g/mol. The summed E-state index contributed by atoms with van der Waals surface area (Å²) in [6.07, 6.45) is 3.01. The van der Waals surface area contributed by atoms with E-state index in [1.807, 2.05) is 0 Å². The van der Waals surface area contributed by atoms with Crippen LogP contribution in [0.1, 0.15) is 21.6 Å². The lowest BCUT2D eigenvalue weighted by molar-refractivity contribution is 0.0694. The van der Waals surface area contributed by atoms with Crippen molar-refractivity contribution in [2.45, 2.75) is 13.0 Å². The Morgan fingerprint density at radius 1 is 1.53 bits per heavy atom. The third-order valence-electron chi connectivity index (χ3n) is 2.78. The monoisotopic (exact) mass is 256 g/mol. The molecule has 0 spiro atoms. The van der Waals surface area contributed by atoms with Crippen LogP contribution in [0, 0.1) is 0 Å². The fourth-order valence-electron chi connectivity index (χ4n) is 1.90. The number of nitrogens with zero attached hydrogens (tertiary/aromatic N) is 2. The van der Waals surface area contributed by atoms with Crippen molar-refractivity contribution in [1.29, 1.82) is 0 Å². The highest BCUT2D eigenvalue weighted by Crippen LogP contribution is 2.22. The van der Waals surface area contributed by atoms with Crippen LogP contribution < -0.4 is 0 Å². The molecule has 6 nitrogen and oxygen atoms in total. The van der Waals surface area contributed by atoms with Crippen LogP contribution in [0.5, 0.6) is 0 Å². The van der Waals surface area contributed by atoms with Crippen LogP contribution >= 0.6 is 0 Å². The van der Waals surface area contributed by atoms with Crippen molar-refractivity contribution in [3.63, 3.8) is 0 Å². The molecule has 0 radical (unpaired) electrons. The number of sulfonamides is 1. The maximum absolute atomic E-state index is 11.4. The molecule has 0 bridgehead atoms. The first kappa shape index (κ1) is 12.0. The quantitative estimate of drug-likeness (QED) is 0.810. The van der Waals surface area contributed by atoms with Gasteiger partial charge < -0.3 is 5.11 Å². The third kappa shape index (κ3) is 2.29. The first-order valence-electron chi connectivity index (χ1n) is 5.05. The van der Waals surface area contributed by atoms with Crippen LogP contribution in [0.25, 0.3) is 0 Å². The van der Waals surface area contributed by atoms with E-state index in [4.69, 9.17) is 5.11 Å². The van der Waals surface area contributed by atoms with Gasteiger partial charge in [-0.1, -0.05) is 0 Å². The lowest BCUT2D eigenvalue weighted by Gasteiger charge is -2.26. The number of hydrogen-bond donors (Lipinski definition) is 1. The summed E-state index contributed by atoms with van der Waals surface area (Å²) in [6, 6.07) is 1.40. The van der Waals surface area contributed by atoms with Gasteiger partial charge in [0.25, 0.3) is 0 Å². The van der Waals surface area contributed by atoms with Crippen LogP contribution in [0.4, 0.5) is 0 Å². The summed E-state index contributed by atoms with van der Waals surface area (Å²) in [5.74, 6) is -1.06. The van der Waals surface area contributed by atoms with Gasteiger partial charge in [-0.05, 0) is 6.07 Å². The van der Waals surface area contributed by atoms with Crippen molar-refractivity contribution in [2.24, 2.45) is 0 Å². The van der Waals surface area contributed by atoms with E-state index in [-0.39, 0.29) is 12.1 Å². The minimum Gasteiger partial charge on any atom is -0.478 e. The maximum atomic E-state index is 11.4. The highest BCUT2D eigenvalue weighted by molar-refractivity contribution is 7.88. The van der Waals surface area contributed by atoms with Gasteiger partial charge in [-0.25, -0.2) is 13.2 Å². The molecule has 0 atom stereocenters. The van der Waals surface area contributed by atoms with Crippen molar-refractivity contribution in [3.05, 3.63) is 29.1 Å². The first-order chi connectivity index (χ1) is 7.89. The van der Waals surface area contributed by atoms with Crippen LogP contribution in [-0.4, -0.2) is 41.6 Å². The molecule has 17 heavy (non-hydrogen) atoms. The molecule has 1 aromatic rings. The molecule has 0 aromatic carbocycles. The largest absolute Gasteiger partial charge is 0.478 e. The molecule has 0 amide bonds. The van der Waals surface area contributed by atoms with Crippen LogP contribution in [-0.2, 0) is 23.0 Å². The van der Waals surface area contributed by atoms with Crippen LogP contribution in [0.2, 0.25) is 0 Å². The number of carboxylic acids is 1. The van der Waals surface area contributed by atoms with E-state index in [1.165, 1.54) is 16.6 Å². The summed E-state index contributed by atoms with van der Waals surface area (Å²) >= 11 is 0. The maximum Gasteiger partial charge on any atom is 0.336 e. The Bertz CT molecular complexity index is 568. The Hall–Kier alpha value is -1.47. The number of carboxylic acid groups (broad SMARTS) is 1. The van der Waals surface area contributed by atoms with Gasteiger partial charge in [-0.15, -0.1) is 0 Å². The van der Waals surface area contributed by atoms with Gasteiger partial charge in [-0.3, -0.25) is 4.98 Å². The summed E-state index contributed by atoms with van der Waals surface area (Å²) in [5.41, 5.74) is 1.30. The first-order valence-corrected chi connectivity index (χ1v) is 6.89. The number of pyridine rings is 1. The summed E-state index contributed by atoms with van der Waals surface area (Å²) in [7, 11) is -3.30. The standard InChI is InChI=1S/C10H12N2O4S/c1-17(15,16)12-5-3-9-8(6-12)7(10(13)14)2-4-11-9/h2,4H,3,5-6H2,1H3,(H,13,14). The fourth-order valence-corrected chi connectivity index (χ4v) is 2.68. The lowest BCUT2D eigenvalue weighted by atomic mass is 10.0. The predicted molar refractivity (Wildman–Crippen MR) is 60.2 cm³/mol. The number of rotatable bonds is 2. The predicted octanol–water partition coefficient (Wildman–Crippen LogP) is 0.0975. The zero-order chi connectivity index (χ0) is 12.6. The molecule has 2 rings (SSSR count). The van der Waals surface area contributed by atoms with Gasteiger partial charge in [0.1, 0.15) is 0 Å². The molecular formula is C10H12N2O4S. The summed E-state index contributed by atoms with van der Waals surface area (Å²) in [5, 5.41) is 9.03. The van der Waals surface area contributed by atoms with Crippen molar-refractivity contribution in [2.75, 3.05) is 12.8 Å². The molecule has 0 saturated carbocycles. The van der Waals surface area contributed by atoms with Gasteiger partial charge >= 0.3 is 5.97 Å². The van der Waals surface area contributed by atoms with Gasteiger partial charge in [0, 0.05) is 37.0 Å². The van der Waals surface area contributed by atoms with E-state index < -0.39 is 16.0 Å². The lowest BCUT2D eigenvalue weighted by Crippen LogP contribution is -2.36. The Balaban J connectivity index is 2.46. The Morgan fingerprint density at radius 2 is 2.24 bits per heavy atom. The van der Waals surface area contributed by atoms with Gasteiger partial charge in [0.05, 0.1) is 11.8 Å². The molecule has 1 N–H and O–H groups in total. The summed E-state index contributed by atoms with van der Waals surface area (Å²) < 4.78 is 24.1. The average molecular weight is 256 g/mol. The molecule has 0 aliphatic carbocycles. The second-order valence-electron chi connectivity index (χ2n) is 3.94. The SMILES string of the molecule is CS(=O)(=O)N1CCc2nccc(C(=O)O)c2C1. The van der Waals surface area contributed by atoms with E-state index in [2.05, 4.69) is 4.98 Å². The van der Waals surface area contributed by atoms with Crippen LogP contribution in [0.3, 0.4) is 0 Å². The molecule has 2 heterocycles. The van der Waals surface area contributed by atoms with E-state index in [0.717, 1.165) is 6.26 Å². The van der Waals surface area contributed by atoms with Gasteiger partial charge in [0.2, 0.25) is 10.0 Å². The minimum absolute atomic E-state index is 0.0869. The second kappa shape index (κ2) is 4.08. The zero-order valence-corrected chi connectivity index (χ0v) is 10.1. The van der Waals surface area contributed by atoms with E-state index in [0.29, 0.717) is 24.2 Å². The molecule has 1 aliphatic heterocycles. The number of fused-ring (bicyclic) bond motifs is 1. The molecule has 7 heteroatoms. The van der Waals surface area contributed by atoms with Crippen molar-refractivity contribution < 1.29 is 18.3 Å². The molecule has 1 aliphatic rings. The topological polar surface area (TPSA) is 87.6 Å². The number of hydrogen-bond acceptors (Lipinski definition) is 4. The number of aromatic carboxylic acids is 1. The van der Waals surface area contributed by atoms with E-state index in [1.54, 1.807) is 0 Å². The van der Waals surface area contributed by atoms with Crippen molar-refractivity contribution >= 4 is 16.0 Å². The smallest absolute Gasteiger partial charge is 0.336 e. The van der Waals surface area contributed by atoms with Crippen LogP contribution in [0.15, 0.2) is 12.3 Å². The molecule has 0 saturated heterocycles. The Labute approximate surface area is 98.9 Å². The molecule has 92 valence electrons. The van der Waals surface area contributed by atoms with E-state index in [9.17, 15) is 13.2 Å². The average Bonchev–Trinajstić information content (AvgIpc) is 2.26. The van der Waals surface area contributed by atoms with Gasteiger partial charge in [0.15, 0.2) is 0 Å². The summed E-state index contributed by atoms with van der Waals surface area (Å²) in [4.78, 5) is 15.1. The normalized spacial score (nSPS) is 16.5. The second-order valence-corrected chi connectivity index (χ2v) is 5.92. The highest BCUT2D eigenvalue weighted by atomic mass is 32.2. The Kier molecular flexibility index (Phi) is 2.88. The molecule has 0 fully saturated rings. The van der Waals surface area contributed by atoms with E-state index >= 15 is 0 Å². The van der Waals surface area contributed by atoms with Crippen molar-refractivity contribution in [1.82, 2.24) is 9.29 Å². The minimum atomic E-state index is -3.30. The highest BCUT2D eigenvalue weighted by Gasteiger charge is 2.27. The van der Waals surface area contributed by atoms with Crippen molar-refractivity contribution in [3.8, 4) is 0 Å². The number of aromatic nitrogens is 1. The third-order valence-corrected chi connectivity index (χ3v) is 4.03. The zero-order valence-electron chi connectivity index (χ0n) is 9.25. The molecule has 1 aromatic heterocycles. The number of carbonyl (C=O) groups is 1. The Morgan fingerprint density at radius 3 is 2.82 bits per heavy atom. The summed E-state index contributed by atoms with van der Waals surface area (Å²) in [6.45, 7) is 0.436. The molecule has 0 unspecified atom stereocenters. The fraction of sp³-hybridized carbons (Fsp3) is 0.400. The van der Waals surface area contributed by atoms with Gasteiger partial charge in [-0.2, -0.15) is 4.31 Å².